The molecule has 0 aliphatic heterocycles. The van der Waals surface area contributed by atoms with Gasteiger partial charge in [-0.15, -0.1) is 0 Å². The first-order valence-corrected chi connectivity index (χ1v) is 7.36. The van der Waals surface area contributed by atoms with Crippen molar-refractivity contribution >= 4 is 23.3 Å². The number of carbonyl (C=O) groups excluding carboxylic acids is 1. The smallest absolute Gasteiger partial charge is 0.319 e. The zero-order valence-corrected chi connectivity index (χ0v) is 12.1. The quantitative estimate of drug-likeness (QED) is 0.770. The molecule has 4 heteroatoms. The monoisotopic (exact) mass is 280 g/mol. The SMILES string of the molecule is Cc1ccc(NC(=O)NC2CCCCCC2)cc1Cl. The van der Waals surface area contributed by atoms with Gasteiger partial charge in [-0.1, -0.05) is 43.4 Å². The zero-order chi connectivity index (χ0) is 13.7. The summed E-state index contributed by atoms with van der Waals surface area (Å²) < 4.78 is 0. The molecule has 0 aromatic heterocycles. The molecule has 1 aromatic carbocycles. The molecular weight excluding hydrogens is 260 g/mol. The number of aryl methyl sites for hydroxylation is 1. The van der Waals surface area contributed by atoms with E-state index in [1.54, 1.807) is 6.07 Å². The Labute approximate surface area is 119 Å². The van der Waals surface area contributed by atoms with E-state index in [0.717, 1.165) is 24.1 Å². The number of halogens is 1. The largest absolute Gasteiger partial charge is 0.335 e. The van der Waals surface area contributed by atoms with Crippen molar-refractivity contribution in [1.82, 2.24) is 5.32 Å². The summed E-state index contributed by atoms with van der Waals surface area (Å²) in [6.07, 6.45) is 7.16. The molecule has 0 atom stereocenters. The van der Waals surface area contributed by atoms with Gasteiger partial charge in [-0.2, -0.15) is 0 Å². The maximum atomic E-state index is 11.9. The molecule has 19 heavy (non-hydrogen) atoms. The topological polar surface area (TPSA) is 41.1 Å². The molecule has 1 aliphatic rings. The number of urea groups is 1. The molecule has 1 fully saturated rings. The minimum Gasteiger partial charge on any atom is -0.335 e. The second kappa shape index (κ2) is 6.80. The summed E-state index contributed by atoms with van der Waals surface area (Å²) in [4.78, 5) is 11.9. The number of nitrogens with one attached hydrogen (secondary N) is 2. The fourth-order valence-corrected chi connectivity index (χ4v) is 2.63. The average Bonchev–Trinajstić information content (AvgIpc) is 2.62. The van der Waals surface area contributed by atoms with Crippen LogP contribution in [0.15, 0.2) is 18.2 Å². The molecular formula is C15H21ClN2O. The number of hydrogen-bond donors (Lipinski definition) is 2. The minimum atomic E-state index is -0.133. The summed E-state index contributed by atoms with van der Waals surface area (Å²) in [6, 6.07) is 5.73. The highest BCUT2D eigenvalue weighted by Gasteiger charge is 2.14. The van der Waals surface area contributed by atoms with Crippen molar-refractivity contribution in [3.8, 4) is 0 Å². The summed E-state index contributed by atoms with van der Waals surface area (Å²) in [6.45, 7) is 1.94. The lowest BCUT2D eigenvalue weighted by Crippen LogP contribution is -2.37. The van der Waals surface area contributed by atoms with Gasteiger partial charge in [0.25, 0.3) is 0 Å². The van der Waals surface area contributed by atoms with Crippen LogP contribution in [0.5, 0.6) is 0 Å². The number of carbonyl (C=O) groups is 1. The summed E-state index contributed by atoms with van der Waals surface area (Å²) in [5.74, 6) is 0. The van der Waals surface area contributed by atoms with E-state index in [-0.39, 0.29) is 6.03 Å². The van der Waals surface area contributed by atoms with E-state index in [9.17, 15) is 4.79 Å². The van der Waals surface area contributed by atoms with Gasteiger partial charge in [0.2, 0.25) is 0 Å². The van der Waals surface area contributed by atoms with Crippen molar-refractivity contribution in [1.29, 1.82) is 0 Å². The third kappa shape index (κ3) is 4.43. The predicted octanol–water partition coefficient (Wildman–Crippen LogP) is 4.49. The Kier molecular flexibility index (Phi) is 5.08. The lowest BCUT2D eigenvalue weighted by Gasteiger charge is -2.17. The van der Waals surface area contributed by atoms with E-state index in [1.165, 1.54) is 25.7 Å². The lowest BCUT2D eigenvalue weighted by molar-refractivity contribution is 0.247. The number of amides is 2. The molecule has 0 radical (unpaired) electrons. The van der Waals surface area contributed by atoms with Crippen molar-refractivity contribution in [2.75, 3.05) is 5.32 Å². The molecule has 3 nitrogen and oxygen atoms in total. The molecule has 1 saturated carbocycles. The molecule has 0 spiro atoms. The molecule has 1 aliphatic carbocycles. The lowest BCUT2D eigenvalue weighted by atomic mass is 10.1. The van der Waals surface area contributed by atoms with Crippen LogP contribution < -0.4 is 10.6 Å². The molecule has 0 heterocycles. The van der Waals surface area contributed by atoms with Crippen LogP contribution in [-0.2, 0) is 0 Å². The third-order valence-electron chi connectivity index (χ3n) is 3.62. The Bertz CT molecular complexity index is 440. The Hall–Kier alpha value is -1.22. The van der Waals surface area contributed by atoms with Gasteiger partial charge in [-0.25, -0.2) is 4.79 Å². The van der Waals surface area contributed by atoms with E-state index in [1.807, 2.05) is 19.1 Å². The van der Waals surface area contributed by atoms with Crippen molar-refractivity contribution in [3.05, 3.63) is 28.8 Å². The Morgan fingerprint density at radius 2 is 1.89 bits per heavy atom. The molecule has 2 N–H and O–H groups in total. The number of rotatable bonds is 2. The molecule has 104 valence electrons. The van der Waals surface area contributed by atoms with Gasteiger partial charge in [0, 0.05) is 16.8 Å². The predicted molar refractivity (Wildman–Crippen MR) is 79.8 cm³/mol. The first-order chi connectivity index (χ1) is 9.15. The normalized spacial score (nSPS) is 16.7. The molecule has 2 rings (SSSR count). The van der Waals surface area contributed by atoms with Crippen LogP contribution in [0.25, 0.3) is 0 Å². The third-order valence-corrected chi connectivity index (χ3v) is 4.03. The molecule has 2 amide bonds. The van der Waals surface area contributed by atoms with Crippen LogP contribution in [0.4, 0.5) is 10.5 Å². The van der Waals surface area contributed by atoms with Crippen LogP contribution in [0.2, 0.25) is 5.02 Å². The standard InChI is InChI=1S/C15H21ClN2O/c1-11-8-9-13(10-14(11)16)18-15(19)17-12-6-4-2-3-5-7-12/h8-10,12H,2-7H2,1H3,(H2,17,18,19). The molecule has 0 saturated heterocycles. The summed E-state index contributed by atoms with van der Waals surface area (Å²) in [7, 11) is 0. The second-order valence-corrected chi connectivity index (χ2v) is 5.66. The van der Waals surface area contributed by atoms with Gasteiger partial charge in [-0.05, 0) is 37.5 Å². The van der Waals surface area contributed by atoms with E-state index >= 15 is 0 Å². The van der Waals surface area contributed by atoms with Crippen LogP contribution in [-0.4, -0.2) is 12.1 Å². The Morgan fingerprint density at radius 3 is 2.53 bits per heavy atom. The number of anilines is 1. The fourth-order valence-electron chi connectivity index (χ4n) is 2.45. The van der Waals surface area contributed by atoms with Gasteiger partial charge in [0.1, 0.15) is 0 Å². The number of benzene rings is 1. The highest BCUT2D eigenvalue weighted by atomic mass is 35.5. The van der Waals surface area contributed by atoms with E-state index in [4.69, 9.17) is 11.6 Å². The average molecular weight is 281 g/mol. The van der Waals surface area contributed by atoms with Crippen molar-refractivity contribution in [2.24, 2.45) is 0 Å². The van der Waals surface area contributed by atoms with Crippen molar-refractivity contribution in [3.63, 3.8) is 0 Å². The first-order valence-electron chi connectivity index (χ1n) is 6.99. The van der Waals surface area contributed by atoms with Crippen LogP contribution in [0.1, 0.15) is 44.1 Å². The van der Waals surface area contributed by atoms with Gasteiger partial charge in [-0.3, -0.25) is 0 Å². The van der Waals surface area contributed by atoms with Crippen molar-refractivity contribution in [2.45, 2.75) is 51.5 Å². The van der Waals surface area contributed by atoms with E-state index in [2.05, 4.69) is 10.6 Å². The van der Waals surface area contributed by atoms with Gasteiger partial charge in [0.05, 0.1) is 0 Å². The highest BCUT2D eigenvalue weighted by molar-refractivity contribution is 6.31. The Morgan fingerprint density at radius 1 is 1.21 bits per heavy atom. The van der Waals surface area contributed by atoms with Crippen LogP contribution in [0, 0.1) is 6.92 Å². The Balaban J connectivity index is 1.87. The van der Waals surface area contributed by atoms with Crippen LogP contribution >= 0.6 is 11.6 Å². The highest BCUT2D eigenvalue weighted by Crippen LogP contribution is 2.20. The molecule has 0 unspecified atom stereocenters. The summed E-state index contributed by atoms with van der Waals surface area (Å²) in [5.41, 5.74) is 1.75. The van der Waals surface area contributed by atoms with Gasteiger partial charge >= 0.3 is 6.03 Å². The maximum Gasteiger partial charge on any atom is 0.319 e. The van der Waals surface area contributed by atoms with E-state index < -0.39 is 0 Å². The van der Waals surface area contributed by atoms with Crippen molar-refractivity contribution < 1.29 is 4.79 Å². The second-order valence-electron chi connectivity index (χ2n) is 5.25. The van der Waals surface area contributed by atoms with Crippen LogP contribution in [0.3, 0.4) is 0 Å². The zero-order valence-electron chi connectivity index (χ0n) is 11.3. The minimum absolute atomic E-state index is 0.133. The van der Waals surface area contributed by atoms with Gasteiger partial charge in [0.15, 0.2) is 0 Å². The first kappa shape index (κ1) is 14.2. The summed E-state index contributed by atoms with van der Waals surface area (Å²) >= 11 is 6.04. The molecule has 1 aromatic rings. The van der Waals surface area contributed by atoms with E-state index in [0.29, 0.717) is 11.1 Å². The van der Waals surface area contributed by atoms with Gasteiger partial charge < -0.3 is 10.6 Å². The summed E-state index contributed by atoms with van der Waals surface area (Å²) in [5, 5.41) is 6.56. The fraction of sp³-hybridized carbons (Fsp3) is 0.533. The number of hydrogen-bond acceptors (Lipinski definition) is 1. The maximum absolute atomic E-state index is 11.9. The molecule has 0 bridgehead atoms.